The van der Waals surface area contributed by atoms with Gasteiger partial charge >= 0.3 is 24.0 Å². The van der Waals surface area contributed by atoms with E-state index in [2.05, 4.69) is 5.32 Å². The topological polar surface area (TPSA) is 204 Å². The van der Waals surface area contributed by atoms with Crippen LogP contribution in [0.3, 0.4) is 0 Å². The summed E-state index contributed by atoms with van der Waals surface area (Å²) in [6.07, 6.45) is -9.86. The van der Waals surface area contributed by atoms with Crippen LogP contribution in [-0.4, -0.2) is 99.5 Å². The van der Waals surface area contributed by atoms with Crippen LogP contribution >= 0.6 is 0 Å². The Bertz CT molecular complexity index is 1960. The summed E-state index contributed by atoms with van der Waals surface area (Å²) in [6, 6.07) is 15.8. The summed E-state index contributed by atoms with van der Waals surface area (Å²) < 4.78 is 30.0. The molecular weight excluding hydrogens is 750 g/mol. The Morgan fingerprint density at radius 2 is 1.53 bits per heavy atom. The zero-order valence-corrected chi connectivity index (χ0v) is 34.4. The molecule has 1 amide bonds. The zero-order chi connectivity index (χ0) is 42.7. The number of carbonyl (C=O) groups is 5. The number of ketones is 1. The number of aliphatic hydroxyl groups excluding tert-OH is 3. The van der Waals surface area contributed by atoms with E-state index in [9.17, 15) is 39.3 Å². The van der Waals surface area contributed by atoms with Gasteiger partial charge in [0.2, 0.25) is 0 Å². The van der Waals surface area contributed by atoms with Gasteiger partial charge in [0, 0.05) is 19.3 Å². The number of amides is 1. The lowest BCUT2D eigenvalue weighted by Gasteiger charge is -2.66. The molecule has 0 spiro atoms. The molecule has 4 aliphatic rings. The molecule has 4 N–H and O–H groups in total. The molecule has 6 rings (SSSR count). The van der Waals surface area contributed by atoms with E-state index >= 15 is 0 Å². The first-order valence-corrected chi connectivity index (χ1v) is 19.7. The first kappa shape index (κ1) is 43.0. The maximum atomic E-state index is 15.0. The normalized spacial score (nSPS) is 33.7. The molecule has 12 atom stereocenters. The van der Waals surface area contributed by atoms with Gasteiger partial charge in [-0.25, -0.2) is 9.59 Å². The molecule has 0 radical (unpaired) electrons. The van der Waals surface area contributed by atoms with Crippen molar-refractivity contribution < 1.29 is 63.0 Å². The highest BCUT2D eigenvalue weighted by atomic mass is 16.6. The van der Waals surface area contributed by atoms with Crippen LogP contribution < -0.4 is 5.32 Å². The van der Waals surface area contributed by atoms with Crippen molar-refractivity contribution in [2.75, 3.05) is 6.61 Å². The minimum absolute atomic E-state index is 0.117. The highest BCUT2D eigenvalue weighted by Crippen LogP contribution is 2.63. The summed E-state index contributed by atoms with van der Waals surface area (Å²) >= 11 is 0. The second-order valence-electron chi connectivity index (χ2n) is 17.9. The van der Waals surface area contributed by atoms with E-state index in [1.807, 2.05) is 0 Å². The molecule has 2 bridgehead atoms. The number of fused-ring (bicyclic) bond motifs is 5. The van der Waals surface area contributed by atoms with E-state index in [4.69, 9.17) is 23.7 Å². The smallest absolute Gasteiger partial charge is 0.408 e. The number of esters is 3. The molecule has 1 aliphatic heterocycles. The van der Waals surface area contributed by atoms with Crippen LogP contribution in [0.4, 0.5) is 4.79 Å². The quantitative estimate of drug-likeness (QED) is 0.166. The van der Waals surface area contributed by atoms with Gasteiger partial charge in [0.25, 0.3) is 0 Å². The van der Waals surface area contributed by atoms with Crippen LogP contribution in [0, 0.1) is 28.6 Å². The second-order valence-corrected chi connectivity index (χ2v) is 17.9. The average molecular weight is 806 g/mol. The Morgan fingerprint density at radius 1 is 0.931 bits per heavy atom. The number of Topliss-reactive ketones (excluding diaryl/α,β-unsaturated/α-hetero) is 1. The molecule has 2 aromatic carbocycles. The summed E-state index contributed by atoms with van der Waals surface area (Å²) in [5.41, 5.74) is -4.70. The Morgan fingerprint density at radius 3 is 2.09 bits per heavy atom. The monoisotopic (exact) mass is 805 g/mol. The predicted octanol–water partition coefficient (Wildman–Crippen LogP) is 4.39. The molecule has 2 saturated carbocycles. The molecule has 1 saturated heterocycles. The fourth-order valence-corrected chi connectivity index (χ4v) is 9.99. The summed E-state index contributed by atoms with van der Waals surface area (Å²) in [7, 11) is 0. The number of nitrogens with one attached hydrogen (secondary N) is 1. The van der Waals surface area contributed by atoms with Crippen molar-refractivity contribution in [1.82, 2.24) is 5.32 Å². The van der Waals surface area contributed by atoms with Crippen molar-refractivity contribution in [1.29, 1.82) is 0 Å². The molecule has 0 aromatic heterocycles. The lowest BCUT2D eigenvalue weighted by molar-refractivity contribution is -0.337. The minimum atomic E-state index is -1.91. The standard InChI is InChI=1S/C44H55NO13/c1-22-29-33(49)37(50)43(9)27(47)20-28-44(21-54-28,57-24(3)46)36(43)35(56-39(52)26-18-14-11-15-19-26)30(42(29,7)8)32(48)34(22)55-38(51)23(2)31(25-16-12-10-13-17-25)45-40(53)58-41(4,5)6/h10-19,23,27-28,30-36,47-49H,20-21H2,1-9H3,(H,45,53)/t23-,27+,28-,30?,31?,32-,33-,34-,35-,36+,43-,44+/m1/s1. The van der Waals surface area contributed by atoms with Crippen LogP contribution in [0.25, 0.3) is 0 Å². The first-order valence-electron chi connectivity index (χ1n) is 19.7. The molecule has 3 aliphatic carbocycles. The largest absolute Gasteiger partial charge is 0.458 e. The molecule has 2 unspecified atom stereocenters. The number of aliphatic hydroxyl groups is 3. The molecule has 58 heavy (non-hydrogen) atoms. The summed E-state index contributed by atoms with van der Waals surface area (Å²) in [4.78, 5) is 69.4. The Kier molecular flexibility index (Phi) is 11.5. The maximum absolute atomic E-state index is 15.0. The van der Waals surface area contributed by atoms with E-state index < -0.39 is 112 Å². The Hall–Kier alpha value is -4.63. The van der Waals surface area contributed by atoms with Gasteiger partial charge in [0.1, 0.15) is 36.1 Å². The summed E-state index contributed by atoms with van der Waals surface area (Å²) in [6.45, 7) is 14.0. The fourth-order valence-electron chi connectivity index (χ4n) is 9.99. The van der Waals surface area contributed by atoms with Gasteiger partial charge < -0.3 is 44.3 Å². The van der Waals surface area contributed by atoms with Crippen molar-refractivity contribution in [3.05, 3.63) is 82.9 Å². The van der Waals surface area contributed by atoms with Crippen molar-refractivity contribution in [3.63, 3.8) is 0 Å². The van der Waals surface area contributed by atoms with E-state index in [-0.39, 0.29) is 29.7 Å². The molecule has 314 valence electrons. The number of ether oxygens (including phenoxy) is 5. The van der Waals surface area contributed by atoms with Crippen molar-refractivity contribution in [2.24, 2.45) is 28.6 Å². The number of benzene rings is 2. The number of alkyl carbamates (subject to hydrolysis) is 1. The highest BCUT2D eigenvalue weighted by Gasteiger charge is 2.76. The van der Waals surface area contributed by atoms with Gasteiger partial charge in [-0.2, -0.15) is 0 Å². The van der Waals surface area contributed by atoms with E-state index in [1.165, 1.54) is 26.0 Å². The number of rotatable bonds is 8. The van der Waals surface area contributed by atoms with Gasteiger partial charge in [-0.3, -0.25) is 14.4 Å². The minimum Gasteiger partial charge on any atom is -0.458 e. The highest BCUT2D eigenvalue weighted by molar-refractivity contribution is 5.94. The van der Waals surface area contributed by atoms with Gasteiger partial charge in [0.05, 0.1) is 41.6 Å². The van der Waals surface area contributed by atoms with E-state index in [0.29, 0.717) is 5.56 Å². The fraction of sp³-hybridized carbons (Fsp3) is 0.568. The zero-order valence-electron chi connectivity index (χ0n) is 34.4. The van der Waals surface area contributed by atoms with Crippen LogP contribution in [0.1, 0.15) is 90.7 Å². The number of hydrogen-bond acceptors (Lipinski definition) is 13. The number of hydrogen-bond donors (Lipinski definition) is 4. The molecular formula is C44H55NO13. The third-order valence-electron chi connectivity index (χ3n) is 12.7. The van der Waals surface area contributed by atoms with Crippen molar-refractivity contribution in [2.45, 2.75) is 123 Å². The maximum Gasteiger partial charge on any atom is 0.408 e. The third-order valence-corrected chi connectivity index (χ3v) is 12.7. The lowest BCUT2D eigenvalue weighted by atomic mass is 9.45. The summed E-state index contributed by atoms with van der Waals surface area (Å²) in [5, 5.41) is 39.5. The van der Waals surface area contributed by atoms with Gasteiger partial charge in [-0.05, 0) is 75.8 Å². The van der Waals surface area contributed by atoms with Gasteiger partial charge in [-0.1, -0.05) is 62.4 Å². The van der Waals surface area contributed by atoms with Gasteiger partial charge in [-0.15, -0.1) is 0 Å². The molecule has 1 heterocycles. The molecule has 14 nitrogen and oxygen atoms in total. The van der Waals surface area contributed by atoms with E-state index in [0.717, 1.165) is 0 Å². The van der Waals surface area contributed by atoms with Crippen LogP contribution in [-0.2, 0) is 38.1 Å². The van der Waals surface area contributed by atoms with Crippen molar-refractivity contribution >= 4 is 29.8 Å². The predicted molar refractivity (Wildman–Crippen MR) is 207 cm³/mol. The SMILES string of the molecule is CC(=O)O[C@@]12CO[C@@H]1C[C@H](O)[C@@]1(C)C(=O)[C@H](O)C3=C(C)[C@@H](OC(=O)[C@H](C)C(NC(=O)OC(C)(C)C)c4ccccc4)[C@H](O)C([C@@H](OC(=O)c4ccccc4)[C@H]21)C3(C)C. The second kappa shape index (κ2) is 15.5. The molecule has 14 heteroatoms. The third kappa shape index (κ3) is 7.33. The van der Waals surface area contributed by atoms with Gasteiger partial charge in [0.15, 0.2) is 11.4 Å². The molecule has 3 fully saturated rings. The molecule has 2 aromatic rings. The Labute approximate surface area is 338 Å². The lowest BCUT2D eigenvalue weighted by Crippen LogP contribution is -2.80. The van der Waals surface area contributed by atoms with Crippen molar-refractivity contribution in [3.8, 4) is 0 Å². The Balaban J connectivity index is 1.48. The van der Waals surface area contributed by atoms with E-state index in [1.54, 1.807) is 97.0 Å². The van der Waals surface area contributed by atoms with Crippen LogP contribution in [0.5, 0.6) is 0 Å². The number of carbonyl (C=O) groups excluding carboxylic acids is 5. The van der Waals surface area contributed by atoms with Crippen LogP contribution in [0.2, 0.25) is 0 Å². The average Bonchev–Trinajstić information content (AvgIpc) is 3.14. The first-order chi connectivity index (χ1) is 27.1. The summed E-state index contributed by atoms with van der Waals surface area (Å²) in [5.74, 6) is -6.90. The van der Waals surface area contributed by atoms with Crippen LogP contribution in [0.15, 0.2) is 71.8 Å².